The SMILES string of the molecule is CC(C)(NC(=O)Cc1ccccc1)/C(N)=N/O. The molecular weight excluding hydrogens is 218 g/mol. The van der Waals surface area contributed by atoms with Gasteiger partial charge in [-0.25, -0.2) is 0 Å². The molecule has 1 rings (SSSR count). The second kappa shape index (κ2) is 5.34. The minimum Gasteiger partial charge on any atom is -0.409 e. The number of hydrogen-bond acceptors (Lipinski definition) is 3. The number of hydrogen-bond donors (Lipinski definition) is 3. The number of nitrogens with zero attached hydrogens (tertiary/aromatic N) is 1. The first kappa shape index (κ1) is 13.0. The highest BCUT2D eigenvalue weighted by atomic mass is 16.4. The van der Waals surface area contributed by atoms with E-state index in [9.17, 15) is 4.79 Å². The molecule has 0 aliphatic rings. The molecule has 0 heterocycles. The quantitative estimate of drug-likeness (QED) is 0.313. The van der Waals surface area contributed by atoms with E-state index in [-0.39, 0.29) is 18.2 Å². The summed E-state index contributed by atoms with van der Waals surface area (Å²) in [5.41, 5.74) is 5.53. The van der Waals surface area contributed by atoms with Crippen molar-refractivity contribution in [1.29, 1.82) is 0 Å². The first-order valence-corrected chi connectivity index (χ1v) is 5.28. The van der Waals surface area contributed by atoms with Crippen molar-refractivity contribution in [3.8, 4) is 0 Å². The standard InChI is InChI=1S/C12H17N3O2/c1-12(2,11(13)15-17)14-10(16)8-9-6-4-3-5-7-9/h3-7,17H,8H2,1-2H3,(H2,13,15)(H,14,16). The van der Waals surface area contributed by atoms with Gasteiger partial charge in [0.2, 0.25) is 5.91 Å². The molecule has 1 aromatic rings. The first-order valence-electron chi connectivity index (χ1n) is 5.28. The maximum Gasteiger partial charge on any atom is 0.225 e. The molecule has 0 spiro atoms. The van der Waals surface area contributed by atoms with Gasteiger partial charge < -0.3 is 16.3 Å². The fourth-order valence-electron chi connectivity index (χ4n) is 1.36. The summed E-state index contributed by atoms with van der Waals surface area (Å²) < 4.78 is 0. The van der Waals surface area contributed by atoms with E-state index in [1.165, 1.54) is 0 Å². The molecule has 0 radical (unpaired) electrons. The monoisotopic (exact) mass is 235 g/mol. The molecule has 0 atom stereocenters. The predicted molar refractivity (Wildman–Crippen MR) is 65.8 cm³/mol. The highest BCUT2D eigenvalue weighted by molar-refractivity contribution is 5.93. The topological polar surface area (TPSA) is 87.7 Å². The Balaban J connectivity index is 2.62. The molecule has 0 aromatic heterocycles. The van der Waals surface area contributed by atoms with E-state index in [1.54, 1.807) is 13.8 Å². The summed E-state index contributed by atoms with van der Waals surface area (Å²) >= 11 is 0. The molecule has 1 aromatic carbocycles. The fraction of sp³-hybridized carbons (Fsp3) is 0.333. The van der Waals surface area contributed by atoms with E-state index in [2.05, 4.69) is 10.5 Å². The molecule has 92 valence electrons. The minimum atomic E-state index is -0.861. The maximum atomic E-state index is 11.7. The molecule has 5 heteroatoms. The lowest BCUT2D eigenvalue weighted by Gasteiger charge is -2.24. The third-order valence-electron chi connectivity index (χ3n) is 2.41. The van der Waals surface area contributed by atoms with Gasteiger partial charge in [0.05, 0.1) is 12.0 Å². The number of nitrogens with one attached hydrogen (secondary N) is 1. The predicted octanol–water partition coefficient (Wildman–Crippen LogP) is 0.870. The summed E-state index contributed by atoms with van der Waals surface area (Å²) in [4.78, 5) is 11.7. The van der Waals surface area contributed by atoms with Crippen LogP contribution in [0.15, 0.2) is 35.5 Å². The van der Waals surface area contributed by atoms with Crippen molar-refractivity contribution in [2.24, 2.45) is 10.9 Å². The molecule has 1 amide bonds. The smallest absolute Gasteiger partial charge is 0.225 e. The summed E-state index contributed by atoms with van der Waals surface area (Å²) in [6, 6.07) is 9.38. The zero-order valence-electron chi connectivity index (χ0n) is 9.97. The van der Waals surface area contributed by atoms with Crippen LogP contribution in [0.4, 0.5) is 0 Å². The Morgan fingerprint density at radius 2 is 2.00 bits per heavy atom. The third kappa shape index (κ3) is 3.79. The van der Waals surface area contributed by atoms with Gasteiger partial charge >= 0.3 is 0 Å². The Bertz CT molecular complexity index is 413. The van der Waals surface area contributed by atoms with Crippen molar-refractivity contribution in [2.45, 2.75) is 25.8 Å². The number of amides is 1. The Morgan fingerprint density at radius 1 is 1.41 bits per heavy atom. The van der Waals surface area contributed by atoms with Crippen molar-refractivity contribution in [3.63, 3.8) is 0 Å². The Kier molecular flexibility index (Phi) is 4.09. The molecule has 5 nitrogen and oxygen atoms in total. The largest absolute Gasteiger partial charge is 0.409 e. The van der Waals surface area contributed by atoms with Gasteiger partial charge in [0.15, 0.2) is 5.84 Å². The van der Waals surface area contributed by atoms with E-state index >= 15 is 0 Å². The van der Waals surface area contributed by atoms with Crippen LogP contribution in [0.3, 0.4) is 0 Å². The fourth-order valence-corrected chi connectivity index (χ4v) is 1.36. The molecule has 0 bridgehead atoms. The van der Waals surface area contributed by atoms with Gasteiger partial charge in [-0.05, 0) is 19.4 Å². The number of rotatable bonds is 4. The van der Waals surface area contributed by atoms with Gasteiger partial charge in [-0.1, -0.05) is 35.5 Å². The van der Waals surface area contributed by atoms with Crippen molar-refractivity contribution in [2.75, 3.05) is 0 Å². The highest BCUT2D eigenvalue weighted by Gasteiger charge is 2.25. The van der Waals surface area contributed by atoms with Crippen LogP contribution >= 0.6 is 0 Å². The van der Waals surface area contributed by atoms with Gasteiger partial charge in [-0.2, -0.15) is 0 Å². The average Bonchev–Trinajstić information content (AvgIpc) is 2.28. The minimum absolute atomic E-state index is 0.0288. The van der Waals surface area contributed by atoms with Crippen molar-refractivity contribution >= 4 is 11.7 Å². The van der Waals surface area contributed by atoms with Crippen LogP contribution in [0.5, 0.6) is 0 Å². The molecule has 0 fully saturated rings. The van der Waals surface area contributed by atoms with E-state index in [0.29, 0.717) is 0 Å². The van der Waals surface area contributed by atoms with Crippen LogP contribution in [0.2, 0.25) is 0 Å². The number of carbonyl (C=O) groups is 1. The zero-order chi connectivity index (χ0) is 12.9. The lowest BCUT2D eigenvalue weighted by Crippen LogP contribution is -2.53. The second-order valence-corrected chi connectivity index (χ2v) is 4.32. The van der Waals surface area contributed by atoms with Gasteiger partial charge in [-0.3, -0.25) is 4.79 Å². The molecule has 0 aliphatic heterocycles. The number of oxime groups is 1. The molecule has 17 heavy (non-hydrogen) atoms. The molecular formula is C12H17N3O2. The average molecular weight is 235 g/mol. The summed E-state index contributed by atoms with van der Waals surface area (Å²) in [6.45, 7) is 3.34. The van der Waals surface area contributed by atoms with Crippen LogP contribution in [0.1, 0.15) is 19.4 Å². The van der Waals surface area contributed by atoms with Gasteiger partial charge in [0.25, 0.3) is 0 Å². The summed E-state index contributed by atoms with van der Waals surface area (Å²) in [5, 5.41) is 14.2. The Morgan fingerprint density at radius 3 is 2.53 bits per heavy atom. The van der Waals surface area contributed by atoms with Gasteiger partial charge in [-0.15, -0.1) is 0 Å². The van der Waals surface area contributed by atoms with Crippen LogP contribution in [0.25, 0.3) is 0 Å². The maximum absolute atomic E-state index is 11.7. The van der Waals surface area contributed by atoms with Crippen LogP contribution in [-0.2, 0) is 11.2 Å². The molecule has 0 saturated heterocycles. The first-order chi connectivity index (χ1) is 7.95. The van der Waals surface area contributed by atoms with Crippen molar-refractivity contribution < 1.29 is 10.0 Å². The number of nitrogens with two attached hydrogens (primary N) is 1. The van der Waals surface area contributed by atoms with Gasteiger partial charge in [0, 0.05) is 0 Å². The van der Waals surface area contributed by atoms with E-state index < -0.39 is 5.54 Å². The van der Waals surface area contributed by atoms with Gasteiger partial charge in [0.1, 0.15) is 0 Å². The Hall–Kier alpha value is -2.04. The van der Waals surface area contributed by atoms with Crippen molar-refractivity contribution in [1.82, 2.24) is 5.32 Å². The van der Waals surface area contributed by atoms with E-state index in [1.807, 2.05) is 30.3 Å². The molecule has 4 N–H and O–H groups in total. The summed E-state index contributed by atoms with van der Waals surface area (Å²) in [6.07, 6.45) is 0.267. The lowest BCUT2D eigenvalue weighted by atomic mass is 10.0. The second-order valence-electron chi connectivity index (χ2n) is 4.32. The van der Waals surface area contributed by atoms with E-state index in [0.717, 1.165) is 5.56 Å². The lowest BCUT2D eigenvalue weighted by molar-refractivity contribution is -0.121. The normalized spacial score (nSPS) is 12.2. The summed E-state index contributed by atoms with van der Waals surface area (Å²) in [5.74, 6) is -0.202. The highest BCUT2D eigenvalue weighted by Crippen LogP contribution is 2.04. The number of benzene rings is 1. The number of amidine groups is 1. The third-order valence-corrected chi connectivity index (χ3v) is 2.41. The zero-order valence-corrected chi connectivity index (χ0v) is 9.97. The van der Waals surface area contributed by atoms with Crippen molar-refractivity contribution in [3.05, 3.63) is 35.9 Å². The van der Waals surface area contributed by atoms with Crippen LogP contribution in [0, 0.1) is 0 Å². The molecule has 0 unspecified atom stereocenters. The molecule has 0 saturated carbocycles. The molecule has 0 aliphatic carbocycles. The Labute approximate surface area is 100 Å². The van der Waals surface area contributed by atoms with Crippen LogP contribution < -0.4 is 11.1 Å². The number of carbonyl (C=O) groups excluding carboxylic acids is 1. The van der Waals surface area contributed by atoms with Crippen LogP contribution in [-0.4, -0.2) is 22.5 Å². The summed E-state index contributed by atoms with van der Waals surface area (Å²) in [7, 11) is 0. The van der Waals surface area contributed by atoms with E-state index in [4.69, 9.17) is 10.9 Å².